The summed E-state index contributed by atoms with van der Waals surface area (Å²) < 4.78 is 0. The van der Waals surface area contributed by atoms with Gasteiger partial charge in [0, 0.05) is 24.2 Å². The van der Waals surface area contributed by atoms with E-state index in [9.17, 15) is 5.11 Å². The number of pyridine rings is 1. The molecule has 0 saturated heterocycles. The summed E-state index contributed by atoms with van der Waals surface area (Å²) in [5.41, 5.74) is 6.28. The van der Waals surface area contributed by atoms with Crippen LogP contribution < -0.4 is 5.73 Å². The summed E-state index contributed by atoms with van der Waals surface area (Å²) in [6, 6.07) is 8.23. The second-order valence-corrected chi connectivity index (χ2v) is 4.00. The molecule has 0 unspecified atom stereocenters. The predicted octanol–water partition coefficient (Wildman–Crippen LogP) is 2.28. The Labute approximate surface area is 122 Å². The standard InChI is InChI=1S/C16H14N4O/c17-15-8-7-13(12-20-15)4-1-2-6-16-18-10-3-5-14(21)9-11-19-16/h2-3,5-12,21H,(H2,17,20)(H,18,19)/b6-2+,10-3?,11-9?,14-5?. The second kappa shape index (κ2) is 7.36. The predicted molar refractivity (Wildman–Crippen MR) is 82.4 cm³/mol. The monoisotopic (exact) mass is 278 g/mol. The highest BCUT2D eigenvalue weighted by Gasteiger charge is 1.86. The third-order valence-electron chi connectivity index (χ3n) is 2.38. The van der Waals surface area contributed by atoms with E-state index in [0.717, 1.165) is 5.56 Å². The van der Waals surface area contributed by atoms with Gasteiger partial charge in [0.05, 0.1) is 0 Å². The molecule has 0 aliphatic heterocycles. The van der Waals surface area contributed by atoms with Crippen LogP contribution >= 0.6 is 0 Å². The Kier molecular flexibility index (Phi) is 4.96. The van der Waals surface area contributed by atoms with Crippen molar-refractivity contribution in [2.24, 2.45) is 0 Å². The summed E-state index contributed by atoms with van der Waals surface area (Å²) >= 11 is 0. The molecule has 0 amide bonds. The zero-order valence-electron chi connectivity index (χ0n) is 11.2. The van der Waals surface area contributed by atoms with E-state index in [1.54, 1.807) is 55.0 Å². The van der Waals surface area contributed by atoms with E-state index in [2.05, 4.69) is 26.8 Å². The molecule has 0 fully saturated rings. The maximum absolute atomic E-state index is 9.36. The van der Waals surface area contributed by atoms with Crippen molar-refractivity contribution in [3.05, 3.63) is 66.4 Å². The summed E-state index contributed by atoms with van der Waals surface area (Å²) in [7, 11) is 0. The number of H-pyrrole nitrogens is 1. The topological polar surface area (TPSA) is 87.8 Å². The molecule has 2 heterocycles. The van der Waals surface area contributed by atoms with Crippen LogP contribution in [0.4, 0.5) is 5.82 Å². The minimum Gasteiger partial charge on any atom is -0.508 e. The van der Waals surface area contributed by atoms with Crippen molar-refractivity contribution in [3.8, 4) is 17.6 Å². The van der Waals surface area contributed by atoms with E-state index >= 15 is 0 Å². The Balaban J connectivity index is 2.14. The van der Waals surface area contributed by atoms with Crippen LogP contribution in [0.1, 0.15) is 11.4 Å². The van der Waals surface area contributed by atoms with Gasteiger partial charge in [0.15, 0.2) is 0 Å². The van der Waals surface area contributed by atoms with E-state index in [1.807, 2.05) is 0 Å². The molecule has 0 aliphatic rings. The van der Waals surface area contributed by atoms with E-state index < -0.39 is 0 Å². The first-order valence-electron chi connectivity index (χ1n) is 6.20. The molecule has 0 aromatic carbocycles. The van der Waals surface area contributed by atoms with Gasteiger partial charge >= 0.3 is 0 Å². The molecular weight excluding hydrogens is 264 g/mol. The molecule has 2 aromatic rings. The number of allylic oxidation sites excluding steroid dienone is 1. The van der Waals surface area contributed by atoms with E-state index in [4.69, 9.17) is 5.73 Å². The summed E-state index contributed by atoms with van der Waals surface area (Å²) in [5.74, 6) is 7.04. The normalized spacial score (nSPS) is 9.71. The number of hydrogen-bond acceptors (Lipinski definition) is 4. The first kappa shape index (κ1) is 14.2. The van der Waals surface area contributed by atoms with Gasteiger partial charge in [-0.15, -0.1) is 0 Å². The lowest BCUT2D eigenvalue weighted by molar-refractivity contribution is 0.475. The number of nitrogen functional groups attached to an aromatic ring is 1. The summed E-state index contributed by atoms with van der Waals surface area (Å²) in [4.78, 5) is 11.1. The minimum absolute atomic E-state index is 0.148. The average molecular weight is 278 g/mol. The Morgan fingerprint density at radius 1 is 1.19 bits per heavy atom. The van der Waals surface area contributed by atoms with Crippen LogP contribution in [0.5, 0.6) is 5.75 Å². The molecule has 2 rings (SSSR count). The fourth-order valence-corrected chi connectivity index (χ4v) is 1.39. The second-order valence-electron chi connectivity index (χ2n) is 4.00. The molecule has 21 heavy (non-hydrogen) atoms. The van der Waals surface area contributed by atoms with Crippen LogP contribution in [0, 0.1) is 11.8 Å². The number of hydrogen-bond donors (Lipinski definition) is 3. The van der Waals surface area contributed by atoms with Crippen molar-refractivity contribution in [2.75, 3.05) is 5.73 Å². The van der Waals surface area contributed by atoms with Crippen molar-refractivity contribution < 1.29 is 5.11 Å². The molecular formula is C16H14N4O. The molecule has 104 valence electrons. The van der Waals surface area contributed by atoms with Crippen molar-refractivity contribution in [1.29, 1.82) is 0 Å². The van der Waals surface area contributed by atoms with Gasteiger partial charge in [-0.25, -0.2) is 9.97 Å². The van der Waals surface area contributed by atoms with Gasteiger partial charge < -0.3 is 15.8 Å². The third kappa shape index (κ3) is 5.09. The van der Waals surface area contributed by atoms with E-state index in [-0.39, 0.29) is 5.75 Å². The summed E-state index contributed by atoms with van der Waals surface area (Å²) in [5, 5.41) is 9.36. The number of nitrogens with two attached hydrogens (primary N) is 1. The largest absolute Gasteiger partial charge is 0.508 e. The number of nitrogens with zero attached hydrogens (tertiary/aromatic N) is 2. The molecule has 5 nitrogen and oxygen atoms in total. The lowest BCUT2D eigenvalue weighted by atomic mass is 10.3. The van der Waals surface area contributed by atoms with Crippen LogP contribution in [0.3, 0.4) is 0 Å². The van der Waals surface area contributed by atoms with Gasteiger partial charge in [-0.3, -0.25) is 0 Å². The highest BCUT2D eigenvalue weighted by Crippen LogP contribution is 2.01. The van der Waals surface area contributed by atoms with Gasteiger partial charge in [-0.1, -0.05) is 11.8 Å². The number of aromatic hydroxyl groups is 1. The van der Waals surface area contributed by atoms with Crippen LogP contribution in [-0.4, -0.2) is 20.1 Å². The van der Waals surface area contributed by atoms with Crippen LogP contribution in [0.2, 0.25) is 0 Å². The molecule has 0 aliphatic carbocycles. The number of anilines is 1. The van der Waals surface area contributed by atoms with E-state index in [0.29, 0.717) is 11.6 Å². The third-order valence-corrected chi connectivity index (χ3v) is 2.38. The first-order valence-corrected chi connectivity index (χ1v) is 6.20. The number of aromatic nitrogens is 3. The van der Waals surface area contributed by atoms with Crippen LogP contribution in [0.15, 0.2) is 55.0 Å². The van der Waals surface area contributed by atoms with Crippen LogP contribution in [0.25, 0.3) is 6.08 Å². The lowest BCUT2D eigenvalue weighted by Crippen LogP contribution is -1.88. The molecule has 5 heteroatoms. The average Bonchev–Trinajstić information content (AvgIpc) is 2.58. The molecule has 0 atom stereocenters. The maximum Gasteiger partial charge on any atom is 0.130 e. The molecule has 0 saturated carbocycles. The molecule has 0 bridgehead atoms. The Bertz CT molecular complexity index is 735. The fourth-order valence-electron chi connectivity index (χ4n) is 1.39. The highest BCUT2D eigenvalue weighted by atomic mass is 16.3. The number of rotatable bonds is 1. The molecule has 0 spiro atoms. The number of nitrogens with one attached hydrogen (secondary N) is 1. The van der Waals surface area contributed by atoms with Crippen molar-refractivity contribution in [3.63, 3.8) is 0 Å². The summed E-state index contributed by atoms with van der Waals surface area (Å²) in [6.45, 7) is 0. The van der Waals surface area contributed by atoms with Crippen LogP contribution in [-0.2, 0) is 0 Å². The molecule has 4 N–H and O–H groups in total. The Morgan fingerprint density at radius 2 is 2.10 bits per heavy atom. The molecule has 0 radical (unpaired) electrons. The fraction of sp³-hybridized carbons (Fsp3) is 0. The lowest BCUT2D eigenvalue weighted by Gasteiger charge is -1.90. The number of aromatic amines is 1. The maximum atomic E-state index is 9.36. The van der Waals surface area contributed by atoms with Crippen molar-refractivity contribution in [1.82, 2.24) is 15.0 Å². The van der Waals surface area contributed by atoms with Gasteiger partial charge in [0.1, 0.15) is 17.4 Å². The minimum atomic E-state index is 0.148. The van der Waals surface area contributed by atoms with Crippen molar-refractivity contribution >= 4 is 11.9 Å². The van der Waals surface area contributed by atoms with Gasteiger partial charge in [-0.2, -0.15) is 0 Å². The quantitative estimate of drug-likeness (QED) is 0.698. The van der Waals surface area contributed by atoms with Gasteiger partial charge in [-0.05, 0) is 42.5 Å². The van der Waals surface area contributed by atoms with Gasteiger partial charge in [0.2, 0.25) is 0 Å². The van der Waals surface area contributed by atoms with Gasteiger partial charge in [0.25, 0.3) is 0 Å². The van der Waals surface area contributed by atoms with E-state index in [1.165, 1.54) is 6.07 Å². The zero-order valence-corrected chi connectivity index (χ0v) is 11.2. The highest BCUT2D eigenvalue weighted by molar-refractivity contribution is 5.47. The SMILES string of the molecule is Nc1ccc(C#C/C=C/c2ncccc(O)cc[nH]2)cn1. The van der Waals surface area contributed by atoms with Crippen molar-refractivity contribution in [2.45, 2.75) is 0 Å². The Morgan fingerprint density at radius 3 is 2.90 bits per heavy atom. The smallest absolute Gasteiger partial charge is 0.130 e. The molecule has 2 aromatic heterocycles. The first-order chi connectivity index (χ1) is 10.2. The Hall–Kier alpha value is -3.26. The zero-order chi connectivity index (χ0) is 14.9. The summed E-state index contributed by atoms with van der Waals surface area (Å²) in [6.07, 6.45) is 8.20.